The van der Waals surface area contributed by atoms with Crippen molar-refractivity contribution >= 4 is 11.6 Å². The first-order valence-corrected chi connectivity index (χ1v) is 7.46. The Balaban J connectivity index is 1.69. The summed E-state index contributed by atoms with van der Waals surface area (Å²) in [5.74, 6) is -0.241. The second kappa shape index (κ2) is 6.18. The molecule has 0 bridgehead atoms. The van der Waals surface area contributed by atoms with E-state index in [-0.39, 0.29) is 23.8 Å². The standard InChI is InChI=1S/C18H19FN2O/c1-21-16(10-13-6-3-2-4-7-13)12-17(18(21)22)20-15-9-5-8-14(19)11-15/h2-9,11,16-17,20H,10,12H2,1H3. The molecule has 1 aliphatic heterocycles. The second-order valence-electron chi connectivity index (χ2n) is 5.74. The summed E-state index contributed by atoms with van der Waals surface area (Å²) in [7, 11) is 1.84. The van der Waals surface area contributed by atoms with E-state index < -0.39 is 0 Å². The zero-order chi connectivity index (χ0) is 15.5. The molecule has 0 spiro atoms. The Morgan fingerprint density at radius 2 is 1.95 bits per heavy atom. The predicted molar refractivity (Wildman–Crippen MR) is 85.1 cm³/mol. The lowest BCUT2D eigenvalue weighted by Crippen LogP contribution is -2.33. The van der Waals surface area contributed by atoms with E-state index in [1.807, 2.05) is 25.2 Å². The van der Waals surface area contributed by atoms with E-state index in [9.17, 15) is 9.18 Å². The Hall–Kier alpha value is -2.36. The first-order valence-electron chi connectivity index (χ1n) is 7.46. The third kappa shape index (κ3) is 3.11. The third-order valence-corrected chi connectivity index (χ3v) is 4.18. The van der Waals surface area contributed by atoms with Crippen molar-refractivity contribution in [1.82, 2.24) is 4.90 Å². The van der Waals surface area contributed by atoms with Crippen molar-refractivity contribution in [2.45, 2.75) is 24.9 Å². The minimum Gasteiger partial charge on any atom is -0.374 e. The highest BCUT2D eigenvalue weighted by Crippen LogP contribution is 2.24. The topological polar surface area (TPSA) is 32.3 Å². The molecule has 3 rings (SSSR count). The van der Waals surface area contributed by atoms with Crippen LogP contribution < -0.4 is 5.32 Å². The molecule has 3 nitrogen and oxygen atoms in total. The maximum Gasteiger partial charge on any atom is 0.245 e. The second-order valence-corrected chi connectivity index (χ2v) is 5.74. The van der Waals surface area contributed by atoms with Gasteiger partial charge in [0.15, 0.2) is 0 Å². The summed E-state index contributed by atoms with van der Waals surface area (Å²) in [5, 5.41) is 3.15. The molecule has 1 saturated heterocycles. The highest BCUT2D eigenvalue weighted by atomic mass is 19.1. The third-order valence-electron chi connectivity index (χ3n) is 4.18. The molecule has 2 aromatic rings. The molecule has 114 valence electrons. The lowest BCUT2D eigenvalue weighted by Gasteiger charge is -2.19. The van der Waals surface area contributed by atoms with Gasteiger partial charge in [0.2, 0.25) is 5.91 Å². The van der Waals surface area contributed by atoms with Crippen LogP contribution in [0.3, 0.4) is 0 Å². The number of nitrogens with one attached hydrogen (secondary N) is 1. The number of anilines is 1. The highest BCUT2D eigenvalue weighted by molar-refractivity contribution is 5.87. The van der Waals surface area contributed by atoms with Gasteiger partial charge in [-0.15, -0.1) is 0 Å². The number of hydrogen-bond donors (Lipinski definition) is 1. The molecule has 1 aliphatic rings. The summed E-state index contributed by atoms with van der Waals surface area (Å²) in [4.78, 5) is 14.2. The number of halogens is 1. The van der Waals surface area contributed by atoms with Crippen LogP contribution in [0.4, 0.5) is 10.1 Å². The maximum atomic E-state index is 13.2. The number of nitrogens with zero attached hydrogens (tertiary/aromatic N) is 1. The van der Waals surface area contributed by atoms with Gasteiger partial charge in [0.05, 0.1) is 0 Å². The number of carbonyl (C=O) groups is 1. The number of likely N-dealkylation sites (N-methyl/N-ethyl adjacent to an activating group) is 1. The molecule has 0 saturated carbocycles. The number of hydrogen-bond acceptors (Lipinski definition) is 2. The van der Waals surface area contributed by atoms with Crippen molar-refractivity contribution in [2.24, 2.45) is 0 Å². The van der Waals surface area contributed by atoms with Crippen LogP contribution in [-0.2, 0) is 11.2 Å². The highest BCUT2D eigenvalue weighted by Gasteiger charge is 2.36. The fourth-order valence-corrected chi connectivity index (χ4v) is 2.96. The van der Waals surface area contributed by atoms with E-state index in [1.165, 1.54) is 17.7 Å². The lowest BCUT2D eigenvalue weighted by molar-refractivity contribution is -0.128. The normalized spacial score (nSPS) is 21.2. The molecule has 1 heterocycles. The molecule has 22 heavy (non-hydrogen) atoms. The first kappa shape index (κ1) is 14.6. The molecule has 2 atom stereocenters. The van der Waals surface area contributed by atoms with E-state index in [1.54, 1.807) is 17.0 Å². The van der Waals surface area contributed by atoms with Crippen molar-refractivity contribution in [3.05, 3.63) is 66.0 Å². The van der Waals surface area contributed by atoms with Crippen molar-refractivity contribution in [2.75, 3.05) is 12.4 Å². The van der Waals surface area contributed by atoms with Gasteiger partial charge in [0.25, 0.3) is 0 Å². The number of carbonyl (C=O) groups excluding carboxylic acids is 1. The molecule has 0 aromatic heterocycles. The Morgan fingerprint density at radius 1 is 1.18 bits per heavy atom. The van der Waals surface area contributed by atoms with E-state index in [4.69, 9.17) is 0 Å². The van der Waals surface area contributed by atoms with Crippen LogP contribution in [0.5, 0.6) is 0 Å². The monoisotopic (exact) mass is 298 g/mol. The number of likely N-dealkylation sites (tertiary alicyclic amines) is 1. The van der Waals surface area contributed by atoms with Gasteiger partial charge < -0.3 is 10.2 Å². The Kier molecular flexibility index (Phi) is 4.09. The largest absolute Gasteiger partial charge is 0.374 e. The molecule has 0 aliphatic carbocycles. The van der Waals surface area contributed by atoms with Crippen LogP contribution in [0.25, 0.3) is 0 Å². The minimum absolute atomic E-state index is 0.0604. The van der Waals surface area contributed by atoms with Crippen molar-refractivity contribution in [3.8, 4) is 0 Å². The zero-order valence-corrected chi connectivity index (χ0v) is 12.5. The van der Waals surface area contributed by atoms with Crippen LogP contribution >= 0.6 is 0 Å². The molecule has 1 fully saturated rings. The summed E-state index contributed by atoms with van der Waals surface area (Å²) in [6, 6.07) is 16.3. The summed E-state index contributed by atoms with van der Waals surface area (Å²) in [5.41, 5.74) is 1.87. The van der Waals surface area contributed by atoms with Gasteiger partial charge in [0.1, 0.15) is 11.9 Å². The Morgan fingerprint density at radius 3 is 2.68 bits per heavy atom. The lowest BCUT2D eigenvalue weighted by atomic mass is 10.0. The smallest absolute Gasteiger partial charge is 0.245 e. The van der Waals surface area contributed by atoms with Crippen molar-refractivity contribution in [3.63, 3.8) is 0 Å². The van der Waals surface area contributed by atoms with Gasteiger partial charge in [0, 0.05) is 18.8 Å². The predicted octanol–water partition coefficient (Wildman–Crippen LogP) is 3.08. The average molecular weight is 298 g/mol. The number of amides is 1. The van der Waals surface area contributed by atoms with E-state index in [0.717, 1.165) is 12.8 Å². The van der Waals surface area contributed by atoms with Gasteiger partial charge in [-0.3, -0.25) is 4.79 Å². The molecule has 1 N–H and O–H groups in total. The quantitative estimate of drug-likeness (QED) is 0.941. The average Bonchev–Trinajstić information content (AvgIpc) is 2.77. The van der Waals surface area contributed by atoms with Gasteiger partial charge in [-0.1, -0.05) is 36.4 Å². The van der Waals surface area contributed by atoms with Crippen molar-refractivity contribution in [1.29, 1.82) is 0 Å². The fourth-order valence-electron chi connectivity index (χ4n) is 2.96. The first-order chi connectivity index (χ1) is 10.6. The molecule has 0 radical (unpaired) electrons. The van der Waals surface area contributed by atoms with Crippen LogP contribution in [0.1, 0.15) is 12.0 Å². The van der Waals surface area contributed by atoms with Crippen LogP contribution in [0, 0.1) is 5.82 Å². The Bertz CT molecular complexity index is 659. The SMILES string of the molecule is CN1C(=O)C(Nc2cccc(F)c2)CC1Cc1ccccc1. The number of rotatable bonds is 4. The van der Waals surface area contributed by atoms with E-state index in [0.29, 0.717) is 5.69 Å². The van der Waals surface area contributed by atoms with E-state index >= 15 is 0 Å². The summed E-state index contributed by atoms with van der Waals surface area (Å²) >= 11 is 0. The molecular formula is C18H19FN2O. The van der Waals surface area contributed by atoms with Gasteiger partial charge in [-0.2, -0.15) is 0 Å². The minimum atomic E-state index is -0.301. The summed E-state index contributed by atoms with van der Waals surface area (Å²) in [6.45, 7) is 0. The van der Waals surface area contributed by atoms with Crippen LogP contribution in [0.2, 0.25) is 0 Å². The summed E-state index contributed by atoms with van der Waals surface area (Å²) < 4.78 is 13.2. The zero-order valence-electron chi connectivity index (χ0n) is 12.5. The molecule has 1 amide bonds. The molecular weight excluding hydrogens is 279 g/mol. The fraction of sp³-hybridized carbons (Fsp3) is 0.278. The summed E-state index contributed by atoms with van der Waals surface area (Å²) in [6.07, 6.45) is 1.56. The van der Waals surface area contributed by atoms with Gasteiger partial charge in [-0.25, -0.2) is 4.39 Å². The maximum absolute atomic E-state index is 13.2. The van der Waals surface area contributed by atoms with Crippen LogP contribution in [-0.4, -0.2) is 29.9 Å². The Labute approximate surface area is 129 Å². The molecule has 4 heteroatoms. The van der Waals surface area contributed by atoms with E-state index in [2.05, 4.69) is 17.4 Å². The van der Waals surface area contributed by atoms with Gasteiger partial charge >= 0.3 is 0 Å². The molecule has 2 unspecified atom stereocenters. The van der Waals surface area contributed by atoms with Crippen LogP contribution in [0.15, 0.2) is 54.6 Å². The van der Waals surface area contributed by atoms with Gasteiger partial charge in [-0.05, 0) is 36.6 Å². The number of benzene rings is 2. The molecule has 2 aromatic carbocycles. The van der Waals surface area contributed by atoms with Crippen molar-refractivity contribution < 1.29 is 9.18 Å².